The monoisotopic (exact) mass is 228 g/mol. The normalized spacial score (nSPS) is 11.8. The molecule has 0 aliphatic rings. The summed E-state index contributed by atoms with van der Waals surface area (Å²) >= 11 is 5.58. The van der Waals surface area contributed by atoms with Gasteiger partial charge in [-0.1, -0.05) is 17.7 Å². The maximum absolute atomic E-state index is 10.5. The highest BCUT2D eigenvalue weighted by Crippen LogP contribution is 2.16. The second-order valence-corrected chi connectivity index (χ2v) is 3.21. The number of aromatic nitrogens is 1. The Bertz CT molecular complexity index is 353. The van der Waals surface area contributed by atoms with Crippen molar-refractivity contribution in [2.45, 2.75) is 12.5 Å². The van der Waals surface area contributed by atoms with E-state index in [9.17, 15) is 9.59 Å². The predicted octanol–water partition coefficient (Wildman–Crippen LogP) is 1.63. The van der Waals surface area contributed by atoms with Gasteiger partial charge in [0.1, 0.15) is 11.4 Å². The Morgan fingerprint density at radius 2 is 2.40 bits per heavy atom. The fraction of sp³-hybridized carbons (Fsp3) is 0.222. The van der Waals surface area contributed by atoms with Crippen molar-refractivity contribution in [3.05, 3.63) is 29.0 Å². The van der Waals surface area contributed by atoms with Crippen LogP contribution in [-0.4, -0.2) is 22.5 Å². The van der Waals surface area contributed by atoms with Gasteiger partial charge in [0.15, 0.2) is 0 Å². The molecule has 0 bridgehead atoms. The van der Waals surface area contributed by atoms with Crippen LogP contribution in [0.4, 0.5) is 4.79 Å². The van der Waals surface area contributed by atoms with Crippen LogP contribution in [0.5, 0.6) is 0 Å². The molecule has 15 heavy (non-hydrogen) atoms. The highest BCUT2D eigenvalue weighted by atomic mass is 35.5. The van der Waals surface area contributed by atoms with Crippen LogP contribution in [0.25, 0.3) is 0 Å². The number of pyridine rings is 1. The van der Waals surface area contributed by atoms with Gasteiger partial charge in [0.25, 0.3) is 0 Å². The summed E-state index contributed by atoms with van der Waals surface area (Å²) in [5.74, 6) is 0. The standard InChI is InChI=1S/C9H9ClN2O3/c10-8-2-1-6(5-11-8)7(3-4-13)12-9(14)15/h1-2,4-5,7,12H,3H2,(H,14,15). The van der Waals surface area contributed by atoms with E-state index in [0.29, 0.717) is 17.0 Å². The fourth-order valence-corrected chi connectivity index (χ4v) is 1.23. The molecule has 0 fully saturated rings. The van der Waals surface area contributed by atoms with Gasteiger partial charge in [-0.2, -0.15) is 0 Å². The van der Waals surface area contributed by atoms with E-state index in [1.54, 1.807) is 6.07 Å². The third-order valence-corrected chi connectivity index (χ3v) is 2.01. The number of hydrogen-bond acceptors (Lipinski definition) is 3. The predicted molar refractivity (Wildman–Crippen MR) is 53.8 cm³/mol. The number of aldehydes is 1. The summed E-state index contributed by atoms with van der Waals surface area (Å²) in [5.41, 5.74) is 0.605. The van der Waals surface area contributed by atoms with E-state index in [1.165, 1.54) is 12.3 Å². The molecule has 80 valence electrons. The van der Waals surface area contributed by atoms with Crippen LogP contribution in [-0.2, 0) is 4.79 Å². The second kappa shape index (κ2) is 5.31. The zero-order valence-corrected chi connectivity index (χ0v) is 8.44. The molecule has 0 spiro atoms. The molecular weight excluding hydrogens is 220 g/mol. The van der Waals surface area contributed by atoms with Crippen molar-refractivity contribution in [3.63, 3.8) is 0 Å². The van der Waals surface area contributed by atoms with Crippen LogP contribution in [0, 0.1) is 0 Å². The number of rotatable bonds is 4. The van der Waals surface area contributed by atoms with E-state index in [4.69, 9.17) is 16.7 Å². The molecule has 1 heterocycles. The van der Waals surface area contributed by atoms with Gasteiger partial charge in [-0.25, -0.2) is 9.78 Å². The molecule has 1 amide bonds. The lowest BCUT2D eigenvalue weighted by Gasteiger charge is -2.13. The number of halogens is 1. The van der Waals surface area contributed by atoms with Gasteiger partial charge in [0, 0.05) is 12.6 Å². The van der Waals surface area contributed by atoms with Crippen molar-refractivity contribution in [2.24, 2.45) is 0 Å². The average molecular weight is 229 g/mol. The summed E-state index contributed by atoms with van der Waals surface area (Å²) in [5, 5.41) is 11.1. The maximum atomic E-state index is 10.5. The highest BCUT2D eigenvalue weighted by Gasteiger charge is 2.13. The molecule has 0 aromatic carbocycles. The first-order chi connectivity index (χ1) is 7.13. The molecule has 0 saturated heterocycles. The van der Waals surface area contributed by atoms with Gasteiger partial charge in [0.05, 0.1) is 6.04 Å². The summed E-state index contributed by atoms with van der Waals surface area (Å²) in [6.45, 7) is 0. The van der Waals surface area contributed by atoms with Gasteiger partial charge in [-0.15, -0.1) is 0 Å². The molecule has 1 atom stereocenters. The van der Waals surface area contributed by atoms with Gasteiger partial charge in [-0.3, -0.25) is 0 Å². The summed E-state index contributed by atoms with van der Waals surface area (Å²) in [6, 6.07) is 2.59. The van der Waals surface area contributed by atoms with Gasteiger partial charge < -0.3 is 15.2 Å². The van der Waals surface area contributed by atoms with Crippen LogP contribution < -0.4 is 5.32 Å². The van der Waals surface area contributed by atoms with Crippen molar-refractivity contribution in [2.75, 3.05) is 0 Å². The Balaban J connectivity index is 2.83. The molecule has 1 unspecified atom stereocenters. The van der Waals surface area contributed by atoms with Crippen molar-refractivity contribution >= 4 is 24.0 Å². The van der Waals surface area contributed by atoms with E-state index in [-0.39, 0.29) is 6.42 Å². The summed E-state index contributed by atoms with van der Waals surface area (Å²) in [4.78, 5) is 24.6. The van der Waals surface area contributed by atoms with Crippen molar-refractivity contribution in [1.29, 1.82) is 0 Å². The van der Waals surface area contributed by atoms with E-state index in [2.05, 4.69) is 10.3 Å². The third-order valence-electron chi connectivity index (χ3n) is 1.78. The van der Waals surface area contributed by atoms with E-state index in [1.807, 2.05) is 0 Å². The Labute approximate surface area is 91.1 Å². The number of carbonyl (C=O) groups is 2. The number of nitrogens with zero attached hydrogens (tertiary/aromatic N) is 1. The molecular formula is C9H9ClN2O3. The number of carbonyl (C=O) groups excluding carboxylic acids is 1. The Hall–Kier alpha value is -1.62. The molecule has 1 rings (SSSR count). The van der Waals surface area contributed by atoms with Crippen molar-refractivity contribution < 1.29 is 14.7 Å². The average Bonchev–Trinajstić information content (AvgIpc) is 2.17. The lowest BCUT2D eigenvalue weighted by molar-refractivity contribution is -0.108. The van der Waals surface area contributed by atoms with Gasteiger partial charge in [0.2, 0.25) is 0 Å². The summed E-state index contributed by atoms with van der Waals surface area (Å²) < 4.78 is 0. The third kappa shape index (κ3) is 3.55. The van der Waals surface area contributed by atoms with E-state index < -0.39 is 12.1 Å². The fourth-order valence-electron chi connectivity index (χ4n) is 1.12. The SMILES string of the molecule is O=CCC(NC(=O)O)c1ccc(Cl)nc1. The maximum Gasteiger partial charge on any atom is 0.405 e. The molecule has 0 aliphatic carbocycles. The second-order valence-electron chi connectivity index (χ2n) is 2.82. The van der Waals surface area contributed by atoms with E-state index >= 15 is 0 Å². The molecule has 0 radical (unpaired) electrons. The summed E-state index contributed by atoms with van der Waals surface area (Å²) in [6.07, 6.45) is 0.967. The zero-order chi connectivity index (χ0) is 11.3. The molecule has 2 N–H and O–H groups in total. The minimum Gasteiger partial charge on any atom is -0.465 e. The number of amides is 1. The molecule has 0 aliphatic heterocycles. The smallest absolute Gasteiger partial charge is 0.405 e. The lowest BCUT2D eigenvalue weighted by Crippen LogP contribution is -2.27. The van der Waals surface area contributed by atoms with Crippen LogP contribution in [0.2, 0.25) is 5.15 Å². The van der Waals surface area contributed by atoms with Gasteiger partial charge >= 0.3 is 6.09 Å². The van der Waals surface area contributed by atoms with Crippen LogP contribution in [0.3, 0.4) is 0 Å². The first-order valence-corrected chi connectivity index (χ1v) is 4.56. The highest BCUT2D eigenvalue weighted by molar-refractivity contribution is 6.29. The van der Waals surface area contributed by atoms with Crippen LogP contribution in [0.15, 0.2) is 18.3 Å². The Morgan fingerprint density at radius 3 is 2.87 bits per heavy atom. The number of nitrogens with one attached hydrogen (secondary N) is 1. The lowest BCUT2D eigenvalue weighted by atomic mass is 10.1. The minimum atomic E-state index is -1.18. The molecule has 6 heteroatoms. The summed E-state index contributed by atoms with van der Waals surface area (Å²) in [7, 11) is 0. The van der Waals surface area contributed by atoms with Crippen molar-refractivity contribution in [3.8, 4) is 0 Å². The van der Waals surface area contributed by atoms with Crippen LogP contribution >= 0.6 is 11.6 Å². The number of carboxylic acid groups (broad SMARTS) is 1. The first-order valence-electron chi connectivity index (χ1n) is 4.18. The number of hydrogen-bond donors (Lipinski definition) is 2. The zero-order valence-electron chi connectivity index (χ0n) is 7.68. The molecule has 1 aromatic heterocycles. The minimum absolute atomic E-state index is 0.0651. The Kier molecular flexibility index (Phi) is 4.05. The molecule has 1 aromatic rings. The molecule has 5 nitrogen and oxygen atoms in total. The first kappa shape index (κ1) is 11.5. The quantitative estimate of drug-likeness (QED) is 0.606. The van der Waals surface area contributed by atoms with Crippen LogP contribution in [0.1, 0.15) is 18.0 Å². The van der Waals surface area contributed by atoms with E-state index in [0.717, 1.165) is 0 Å². The van der Waals surface area contributed by atoms with Gasteiger partial charge in [-0.05, 0) is 11.6 Å². The van der Waals surface area contributed by atoms with Crippen molar-refractivity contribution in [1.82, 2.24) is 10.3 Å². The largest absolute Gasteiger partial charge is 0.465 e. The topological polar surface area (TPSA) is 79.3 Å². The molecule has 0 saturated carbocycles. The Morgan fingerprint density at radius 1 is 1.67 bits per heavy atom.